The van der Waals surface area contributed by atoms with Crippen molar-refractivity contribution >= 4 is 18.0 Å². The largest absolute Gasteiger partial charge is 0.479 e. The van der Waals surface area contributed by atoms with Gasteiger partial charge in [-0.15, -0.1) is 0 Å². The van der Waals surface area contributed by atoms with E-state index in [2.05, 4.69) is 0 Å². The molecular weight excluding hydrogens is 408 g/mol. The van der Waals surface area contributed by atoms with Gasteiger partial charge in [0.15, 0.2) is 6.10 Å². The number of carboxylic acids is 1. The molecule has 0 unspecified atom stereocenters. The fraction of sp³-hybridized carbons (Fsp3) is 0.545. The smallest absolute Gasteiger partial charge is 0.335 e. The number of carboxylic acid groups (broad SMARTS) is 1. The van der Waals surface area contributed by atoms with Crippen LogP contribution in [0.1, 0.15) is 38.8 Å². The highest BCUT2D eigenvalue weighted by Crippen LogP contribution is 2.28. The Kier molecular flexibility index (Phi) is 8.19. The standard InChI is InChI=1S/C22H30O9/c1-5-12-8-9-14(13(11-12)7-6-10-29-21(28)22(2,3)4)30-20-17(25)15(23)16(24)18(31-20)19(26)27/h6-9,11,15-18,20,23-25H,5,10H2,1-4H3,(H,26,27)/b7-6+/t15-,16-,17+,18-,20+/m0/s1. The fourth-order valence-corrected chi connectivity index (χ4v) is 2.85. The van der Waals surface area contributed by atoms with Gasteiger partial charge >= 0.3 is 11.9 Å². The number of benzene rings is 1. The van der Waals surface area contributed by atoms with Crippen LogP contribution in [0.5, 0.6) is 5.75 Å². The first kappa shape index (κ1) is 24.8. The molecule has 1 aromatic rings. The molecule has 0 spiro atoms. The monoisotopic (exact) mass is 438 g/mol. The summed E-state index contributed by atoms with van der Waals surface area (Å²) in [7, 11) is 0. The summed E-state index contributed by atoms with van der Waals surface area (Å²) >= 11 is 0. The Morgan fingerprint density at radius 2 is 1.81 bits per heavy atom. The molecule has 0 amide bonds. The predicted octanol–water partition coefficient (Wildman–Crippen LogP) is 1.12. The molecule has 1 aromatic carbocycles. The first-order valence-electron chi connectivity index (χ1n) is 10.0. The minimum Gasteiger partial charge on any atom is -0.479 e. The van der Waals surface area contributed by atoms with Crippen LogP contribution in [0, 0.1) is 5.41 Å². The zero-order chi connectivity index (χ0) is 23.3. The highest BCUT2D eigenvalue weighted by Gasteiger charge is 2.48. The van der Waals surface area contributed by atoms with Crippen LogP contribution in [-0.4, -0.2) is 69.7 Å². The zero-order valence-electron chi connectivity index (χ0n) is 18.0. The van der Waals surface area contributed by atoms with Gasteiger partial charge in [0.2, 0.25) is 6.29 Å². The average Bonchev–Trinajstić information content (AvgIpc) is 2.71. The number of hydrogen-bond acceptors (Lipinski definition) is 8. The number of aryl methyl sites for hydroxylation is 1. The minimum absolute atomic E-state index is 0.0421. The van der Waals surface area contributed by atoms with E-state index < -0.39 is 42.1 Å². The van der Waals surface area contributed by atoms with E-state index >= 15 is 0 Å². The topological polar surface area (TPSA) is 143 Å². The van der Waals surface area contributed by atoms with Gasteiger partial charge in [-0.05, 0) is 51.0 Å². The molecule has 0 radical (unpaired) electrons. The number of hydrogen-bond donors (Lipinski definition) is 4. The predicted molar refractivity (Wildman–Crippen MR) is 110 cm³/mol. The Morgan fingerprint density at radius 3 is 2.39 bits per heavy atom. The summed E-state index contributed by atoms with van der Waals surface area (Å²) in [6.45, 7) is 7.26. The van der Waals surface area contributed by atoms with E-state index in [0.717, 1.165) is 12.0 Å². The van der Waals surface area contributed by atoms with Crippen LogP contribution >= 0.6 is 0 Å². The van der Waals surface area contributed by atoms with Crippen molar-refractivity contribution in [3.8, 4) is 5.75 Å². The lowest BCUT2D eigenvalue weighted by Crippen LogP contribution is -2.61. The van der Waals surface area contributed by atoms with Crippen molar-refractivity contribution in [2.75, 3.05) is 6.61 Å². The lowest BCUT2D eigenvalue weighted by Gasteiger charge is -2.38. The van der Waals surface area contributed by atoms with Gasteiger partial charge < -0.3 is 34.6 Å². The molecule has 2 rings (SSSR count). The van der Waals surface area contributed by atoms with Crippen molar-refractivity contribution in [1.29, 1.82) is 0 Å². The number of rotatable bonds is 7. The van der Waals surface area contributed by atoms with Crippen LogP contribution in [-0.2, 0) is 25.5 Å². The third-order valence-corrected chi connectivity index (χ3v) is 4.76. The van der Waals surface area contributed by atoms with E-state index in [1.165, 1.54) is 0 Å². The van der Waals surface area contributed by atoms with E-state index in [1.54, 1.807) is 45.1 Å². The molecule has 1 saturated heterocycles. The number of ether oxygens (including phenoxy) is 3. The van der Waals surface area contributed by atoms with Crippen molar-refractivity contribution in [3.63, 3.8) is 0 Å². The van der Waals surface area contributed by atoms with Crippen LogP contribution in [0.15, 0.2) is 24.3 Å². The van der Waals surface area contributed by atoms with Crippen molar-refractivity contribution in [1.82, 2.24) is 0 Å². The molecule has 9 heteroatoms. The molecule has 172 valence electrons. The maximum atomic E-state index is 11.9. The van der Waals surface area contributed by atoms with Crippen LogP contribution in [0.2, 0.25) is 0 Å². The number of carbonyl (C=O) groups is 2. The number of esters is 1. The lowest BCUT2D eigenvalue weighted by molar-refractivity contribution is -0.271. The molecular formula is C22H30O9. The van der Waals surface area contributed by atoms with Gasteiger partial charge in [-0.3, -0.25) is 4.79 Å². The lowest BCUT2D eigenvalue weighted by atomic mass is 9.97. The highest BCUT2D eigenvalue weighted by atomic mass is 16.7. The second-order valence-corrected chi connectivity index (χ2v) is 8.33. The zero-order valence-corrected chi connectivity index (χ0v) is 18.0. The normalized spacial score (nSPS) is 26.6. The van der Waals surface area contributed by atoms with E-state index in [4.69, 9.17) is 14.2 Å². The maximum Gasteiger partial charge on any atom is 0.335 e. The fourth-order valence-electron chi connectivity index (χ4n) is 2.85. The minimum atomic E-state index is -1.80. The summed E-state index contributed by atoms with van der Waals surface area (Å²) in [5.74, 6) is -1.58. The molecule has 5 atom stereocenters. The summed E-state index contributed by atoms with van der Waals surface area (Å²) in [5.41, 5.74) is 0.947. The van der Waals surface area contributed by atoms with Gasteiger partial charge in [0.25, 0.3) is 0 Å². The van der Waals surface area contributed by atoms with E-state index in [1.807, 2.05) is 13.0 Å². The van der Waals surface area contributed by atoms with Gasteiger partial charge in [0.05, 0.1) is 5.41 Å². The molecule has 1 aliphatic heterocycles. The third-order valence-electron chi connectivity index (χ3n) is 4.76. The third kappa shape index (κ3) is 6.27. The maximum absolute atomic E-state index is 11.9. The van der Waals surface area contributed by atoms with Crippen molar-refractivity contribution in [2.24, 2.45) is 5.41 Å². The molecule has 1 aliphatic rings. The molecule has 31 heavy (non-hydrogen) atoms. The van der Waals surface area contributed by atoms with Gasteiger partial charge in [-0.25, -0.2) is 4.79 Å². The van der Waals surface area contributed by atoms with E-state index in [-0.39, 0.29) is 18.3 Å². The van der Waals surface area contributed by atoms with Gasteiger partial charge in [0.1, 0.15) is 30.7 Å². The Hall–Kier alpha value is -2.46. The molecule has 0 saturated carbocycles. The van der Waals surface area contributed by atoms with Crippen molar-refractivity contribution < 1.29 is 44.2 Å². The summed E-state index contributed by atoms with van der Waals surface area (Å²) < 4.78 is 16.0. The molecule has 0 aromatic heterocycles. The number of aliphatic hydroxyl groups excluding tert-OH is 3. The van der Waals surface area contributed by atoms with Crippen LogP contribution < -0.4 is 4.74 Å². The Bertz CT molecular complexity index is 812. The Morgan fingerprint density at radius 1 is 1.13 bits per heavy atom. The summed E-state index contributed by atoms with van der Waals surface area (Å²) in [6.07, 6.45) is -4.46. The van der Waals surface area contributed by atoms with E-state index in [9.17, 15) is 30.0 Å². The summed E-state index contributed by atoms with van der Waals surface area (Å²) in [5, 5.41) is 39.1. The summed E-state index contributed by atoms with van der Waals surface area (Å²) in [4.78, 5) is 23.1. The quantitative estimate of drug-likeness (QED) is 0.461. The van der Waals surface area contributed by atoms with Crippen LogP contribution in [0.25, 0.3) is 6.08 Å². The highest BCUT2D eigenvalue weighted by molar-refractivity contribution is 5.75. The first-order chi connectivity index (χ1) is 14.5. The number of aliphatic hydroxyl groups is 3. The van der Waals surface area contributed by atoms with Crippen LogP contribution in [0.3, 0.4) is 0 Å². The van der Waals surface area contributed by atoms with Crippen molar-refractivity contribution in [2.45, 2.75) is 64.8 Å². The summed E-state index contributed by atoms with van der Waals surface area (Å²) in [6, 6.07) is 5.25. The van der Waals surface area contributed by atoms with Gasteiger partial charge in [-0.2, -0.15) is 0 Å². The average molecular weight is 438 g/mol. The first-order valence-corrected chi connectivity index (χ1v) is 10.0. The van der Waals surface area contributed by atoms with Gasteiger partial charge in [-0.1, -0.05) is 19.1 Å². The molecule has 1 heterocycles. The number of aliphatic carboxylic acids is 1. The molecule has 9 nitrogen and oxygen atoms in total. The van der Waals surface area contributed by atoms with Crippen molar-refractivity contribution in [3.05, 3.63) is 35.4 Å². The molecule has 0 bridgehead atoms. The SMILES string of the molecule is CCc1ccc(O[C@@H]2O[C@H](C(=O)O)[C@@H](O)[C@H](O)[C@H]2O)c(/C=C/COC(=O)C(C)(C)C)c1. The van der Waals surface area contributed by atoms with Crippen LogP contribution in [0.4, 0.5) is 0 Å². The van der Waals surface area contributed by atoms with E-state index in [0.29, 0.717) is 5.56 Å². The molecule has 0 aliphatic carbocycles. The van der Waals surface area contributed by atoms with Gasteiger partial charge in [0, 0.05) is 5.56 Å². The molecule has 1 fully saturated rings. The second kappa shape index (κ2) is 10.2. The molecule has 4 N–H and O–H groups in total. The second-order valence-electron chi connectivity index (χ2n) is 8.33. The number of carbonyl (C=O) groups excluding carboxylic acids is 1. The Labute approximate surface area is 180 Å². The Balaban J connectivity index is 2.19.